The summed E-state index contributed by atoms with van der Waals surface area (Å²) in [6.45, 7) is 1.09. The monoisotopic (exact) mass is 419 g/mol. The van der Waals surface area contributed by atoms with Gasteiger partial charge in [-0.2, -0.15) is 0 Å². The van der Waals surface area contributed by atoms with E-state index in [1.54, 1.807) is 25.2 Å². The highest BCUT2D eigenvalue weighted by Gasteiger charge is 2.50. The second-order valence-corrected chi connectivity index (χ2v) is 9.34. The highest BCUT2D eigenvalue weighted by molar-refractivity contribution is 5.92. The van der Waals surface area contributed by atoms with Crippen molar-refractivity contribution < 1.29 is 9.59 Å². The molecule has 5 heteroatoms. The molecule has 2 fully saturated rings. The summed E-state index contributed by atoms with van der Waals surface area (Å²) in [5.41, 5.74) is 0.621. The summed E-state index contributed by atoms with van der Waals surface area (Å²) in [4.78, 5) is 35.8. The molecule has 1 aromatic carbocycles. The molecule has 1 aliphatic carbocycles. The molecule has 1 aliphatic heterocycles. The molecule has 1 saturated heterocycles. The molecule has 164 valence electrons. The molecule has 31 heavy (non-hydrogen) atoms. The molecule has 1 aromatic heterocycles. The van der Waals surface area contributed by atoms with Gasteiger partial charge in [-0.05, 0) is 43.4 Å². The van der Waals surface area contributed by atoms with Crippen molar-refractivity contribution in [3.63, 3.8) is 0 Å². The fourth-order valence-corrected chi connectivity index (χ4v) is 5.64. The molecular formula is C26H33N3O2. The van der Waals surface area contributed by atoms with Crippen molar-refractivity contribution in [3.8, 4) is 0 Å². The number of likely N-dealkylation sites (N-methyl/N-ethyl adjacent to an activating group) is 1. The van der Waals surface area contributed by atoms with E-state index in [0.29, 0.717) is 19.5 Å². The van der Waals surface area contributed by atoms with Crippen molar-refractivity contribution >= 4 is 11.8 Å². The third-order valence-electron chi connectivity index (χ3n) is 7.19. The van der Waals surface area contributed by atoms with Crippen molar-refractivity contribution in [2.45, 2.75) is 55.8 Å². The first-order valence-corrected chi connectivity index (χ1v) is 11.5. The third kappa shape index (κ3) is 3.86. The van der Waals surface area contributed by atoms with Crippen LogP contribution >= 0.6 is 0 Å². The standard InChI is InChI=1S/C26H33N3O2/c1-28(2)23(30)26(22-14-7-10-18-27-22)17-11-19-29(20-26)24(31)25(15-8-4-9-16-25)21-12-5-3-6-13-21/h3,5-7,10,12-14,18H,4,8-9,11,15-17,19-20H2,1-2H3. The van der Waals surface area contributed by atoms with Crippen LogP contribution < -0.4 is 0 Å². The number of amides is 2. The van der Waals surface area contributed by atoms with Gasteiger partial charge in [-0.3, -0.25) is 14.6 Å². The van der Waals surface area contributed by atoms with Gasteiger partial charge in [0.15, 0.2) is 0 Å². The highest BCUT2D eigenvalue weighted by Crippen LogP contribution is 2.43. The van der Waals surface area contributed by atoms with Crippen molar-refractivity contribution in [1.29, 1.82) is 0 Å². The van der Waals surface area contributed by atoms with Crippen LogP contribution in [0.4, 0.5) is 0 Å². The summed E-state index contributed by atoms with van der Waals surface area (Å²) in [5.74, 6) is 0.214. The largest absolute Gasteiger partial charge is 0.348 e. The van der Waals surface area contributed by atoms with Gasteiger partial charge in [0.05, 0.1) is 11.1 Å². The number of pyridine rings is 1. The molecule has 0 spiro atoms. The summed E-state index contributed by atoms with van der Waals surface area (Å²) in [7, 11) is 3.58. The van der Waals surface area contributed by atoms with E-state index in [1.165, 1.54) is 6.42 Å². The molecule has 1 atom stereocenters. The van der Waals surface area contributed by atoms with Crippen molar-refractivity contribution in [3.05, 3.63) is 66.0 Å². The lowest BCUT2D eigenvalue weighted by molar-refractivity contribution is -0.146. The molecule has 0 bridgehead atoms. The number of benzene rings is 1. The minimum atomic E-state index is -0.786. The molecule has 2 aliphatic rings. The van der Waals surface area contributed by atoms with E-state index in [1.807, 2.05) is 41.3 Å². The minimum Gasteiger partial charge on any atom is -0.348 e. The summed E-state index contributed by atoms with van der Waals surface area (Å²) in [5, 5.41) is 0. The van der Waals surface area contributed by atoms with Crippen LogP contribution in [-0.2, 0) is 20.4 Å². The van der Waals surface area contributed by atoms with Crippen LogP contribution in [0.1, 0.15) is 56.2 Å². The predicted octanol–water partition coefficient (Wildman–Crippen LogP) is 3.93. The van der Waals surface area contributed by atoms with Gasteiger partial charge in [0.2, 0.25) is 11.8 Å². The Hall–Kier alpha value is -2.69. The SMILES string of the molecule is CN(C)C(=O)C1(c2ccccn2)CCCN(C(=O)C2(c3ccccc3)CCCCC2)C1. The Bertz CT molecular complexity index is 907. The van der Waals surface area contributed by atoms with Crippen LogP contribution in [0.5, 0.6) is 0 Å². The number of aromatic nitrogens is 1. The van der Waals surface area contributed by atoms with Gasteiger partial charge >= 0.3 is 0 Å². The van der Waals surface area contributed by atoms with Crippen molar-refractivity contribution in [1.82, 2.24) is 14.8 Å². The van der Waals surface area contributed by atoms with Crippen LogP contribution in [0.15, 0.2) is 54.7 Å². The molecule has 0 radical (unpaired) electrons. The molecule has 5 nitrogen and oxygen atoms in total. The number of nitrogens with zero attached hydrogens (tertiary/aromatic N) is 3. The van der Waals surface area contributed by atoms with E-state index in [4.69, 9.17) is 0 Å². The predicted molar refractivity (Wildman–Crippen MR) is 122 cm³/mol. The summed E-state index contributed by atoms with van der Waals surface area (Å²) in [6.07, 6.45) is 8.32. The Labute approximate surface area is 185 Å². The quantitative estimate of drug-likeness (QED) is 0.754. The van der Waals surface area contributed by atoms with Gasteiger partial charge in [0.1, 0.15) is 5.41 Å². The van der Waals surface area contributed by atoms with Gasteiger partial charge < -0.3 is 9.80 Å². The van der Waals surface area contributed by atoms with E-state index in [-0.39, 0.29) is 11.8 Å². The maximum atomic E-state index is 14.2. The van der Waals surface area contributed by atoms with Gasteiger partial charge in [-0.15, -0.1) is 0 Å². The van der Waals surface area contributed by atoms with E-state index in [9.17, 15) is 9.59 Å². The molecule has 1 saturated carbocycles. The number of piperidine rings is 1. The lowest BCUT2D eigenvalue weighted by Gasteiger charge is -2.46. The van der Waals surface area contributed by atoms with E-state index in [2.05, 4.69) is 17.1 Å². The Balaban J connectivity index is 1.72. The Morgan fingerprint density at radius 3 is 2.19 bits per heavy atom. The number of likely N-dealkylation sites (tertiary alicyclic amines) is 1. The molecule has 2 aromatic rings. The normalized spacial score (nSPS) is 23.2. The average Bonchev–Trinajstić information content (AvgIpc) is 2.84. The zero-order valence-electron chi connectivity index (χ0n) is 18.7. The molecule has 2 heterocycles. The second kappa shape index (κ2) is 8.81. The maximum absolute atomic E-state index is 14.2. The maximum Gasteiger partial charge on any atom is 0.236 e. The van der Waals surface area contributed by atoms with E-state index in [0.717, 1.165) is 43.4 Å². The fourth-order valence-electron chi connectivity index (χ4n) is 5.64. The second-order valence-electron chi connectivity index (χ2n) is 9.34. The summed E-state index contributed by atoms with van der Waals surface area (Å²) < 4.78 is 0. The third-order valence-corrected chi connectivity index (χ3v) is 7.19. The molecular weight excluding hydrogens is 386 g/mol. The number of hydrogen-bond acceptors (Lipinski definition) is 3. The molecule has 1 unspecified atom stereocenters. The summed E-state index contributed by atoms with van der Waals surface area (Å²) in [6, 6.07) is 16.0. The number of hydrogen-bond donors (Lipinski definition) is 0. The van der Waals surface area contributed by atoms with Gasteiger partial charge in [-0.25, -0.2) is 0 Å². The van der Waals surface area contributed by atoms with Crippen LogP contribution in [0.3, 0.4) is 0 Å². The molecule has 4 rings (SSSR count). The van der Waals surface area contributed by atoms with Crippen LogP contribution in [0.2, 0.25) is 0 Å². The summed E-state index contributed by atoms with van der Waals surface area (Å²) >= 11 is 0. The van der Waals surface area contributed by atoms with E-state index >= 15 is 0 Å². The Kier molecular flexibility index (Phi) is 6.12. The number of rotatable bonds is 4. The van der Waals surface area contributed by atoms with Crippen LogP contribution in [-0.4, -0.2) is 53.8 Å². The lowest BCUT2D eigenvalue weighted by atomic mass is 9.67. The topological polar surface area (TPSA) is 53.5 Å². The molecule has 0 N–H and O–H groups in total. The minimum absolute atomic E-state index is 0.0288. The van der Waals surface area contributed by atoms with Gasteiger partial charge in [0, 0.05) is 33.4 Å². The van der Waals surface area contributed by atoms with Gasteiger partial charge in [0.25, 0.3) is 0 Å². The van der Waals surface area contributed by atoms with Crippen LogP contribution in [0.25, 0.3) is 0 Å². The smallest absolute Gasteiger partial charge is 0.236 e. The Morgan fingerprint density at radius 2 is 1.55 bits per heavy atom. The van der Waals surface area contributed by atoms with Crippen LogP contribution in [0, 0.1) is 0 Å². The van der Waals surface area contributed by atoms with Gasteiger partial charge in [-0.1, -0.05) is 55.7 Å². The lowest BCUT2D eigenvalue weighted by Crippen LogP contribution is -2.59. The number of carbonyl (C=O) groups excluding carboxylic acids is 2. The fraction of sp³-hybridized carbons (Fsp3) is 0.500. The average molecular weight is 420 g/mol. The van der Waals surface area contributed by atoms with Crippen molar-refractivity contribution in [2.24, 2.45) is 0 Å². The Morgan fingerprint density at radius 1 is 0.871 bits per heavy atom. The zero-order valence-corrected chi connectivity index (χ0v) is 18.7. The number of carbonyl (C=O) groups is 2. The highest BCUT2D eigenvalue weighted by atomic mass is 16.2. The molecule has 2 amide bonds. The van der Waals surface area contributed by atoms with E-state index < -0.39 is 10.8 Å². The van der Waals surface area contributed by atoms with Crippen molar-refractivity contribution in [2.75, 3.05) is 27.2 Å². The first kappa shape index (κ1) is 21.5. The zero-order chi connectivity index (χ0) is 21.9. The first-order valence-electron chi connectivity index (χ1n) is 11.5. The first-order chi connectivity index (χ1) is 15.0.